The Morgan fingerprint density at radius 3 is 1.23 bits per heavy atom. The van der Waals surface area contributed by atoms with Crippen molar-refractivity contribution in [3.05, 3.63) is 170 Å². The van der Waals surface area contributed by atoms with E-state index in [1.165, 1.54) is 43.6 Å². The van der Waals surface area contributed by atoms with Gasteiger partial charge in [-0.05, 0) is 90.0 Å². The molecular weight excluding hydrogens is 637 g/mol. The highest BCUT2D eigenvalue weighted by Gasteiger charge is 2.18. The van der Waals surface area contributed by atoms with Gasteiger partial charge < -0.3 is 18.0 Å². The number of fused-ring (bicyclic) bond motifs is 12. The maximum atomic E-state index is 6.52. The van der Waals surface area contributed by atoms with E-state index in [2.05, 4.69) is 179 Å². The van der Waals surface area contributed by atoms with Gasteiger partial charge >= 0.3 is 0 Å². The van der Waals surface area contributed by atoms with Gasteiger partial charge in [0.2, 0.25) is 0 Å². The van der Waals surface area contributed by atoms with Crippen molar-refractivity contribution in [3.63, 3.8) is 0 Å². The summed E-state index contributed by atoms with van der Waals surface area (Å²) in [4.78, 5) is 0. The van der Waals surface area contributed by atoms with Gasteiger partial charge in [0, 0.05) is 54.5 Å². The van der Waals surface area contributed by atoms with Gasteiger partial charge in [-0.3, -0.25) is 0 Å². The molecule has 4 heteroatoms. The van der Waals surface area contributed by atoms with E-state index < -0.39 is 0 Å². The predicted octanol–water partition coefficient (Wildman–Crippen LogP) is 13.3. The first-order valence-corrected chi connectivity index (χ1v) is 17.7. The fraction of sp³-hybridized carbons (Fsp3) is 0. The highest BCUT2D eigenvalue weighted by Crippen LogP contribution is 2.40. The van der Waals surface area contributed by atoms with Crippen LogP contribution in [0.4, 0.5) is 0 Å². The maximum absolute atomic E-state index is 6.52. The van der Waals surface area contributed by atoms with Crippen LogP contribution in [0, 0.1) is 0 Å². The highest BCUT2D eigenvalue weighted by atomic mass is 16.3. The lowest BCUT2D eigenvalue weighted by Gasteiger charge is -2.10. The molecule has 0 aliphatic heterocycles. The average molecular weight is 665 g/mol. The Kier molecular flexibility index (Phi) is 5.47. The Labute approximate surface area is 296 Å². The lowest BCUT2D eigenvalue weighted by Crippen LogP contribution is -1.94. The van der Waals surface area contributed by atoms with Gasteiger partial charge in [0.25, 0.3) is 0 Å². The molecule has 4 heterocycles. The summed E-state index contributed by atoms with van der Waals surface area (Å²) in [6.07, 6.45) is 0. The summed E-state index contributed by atoms with van der Waals surface area (Å²) < 4.78 is 17.7. The van der Waals surface area contributed by atoms with Crippen molar-refractivity contribution in [1.82, 2.24) is 9.13 Å². The Hall–Kier alpha value is -7.04. The second kappa shape index (κ2) is 10.3. The lowest BCUT2D eigenvalue weighted by atomic mass is 10.0. The van der Waals surface area contributed by atoms with Gasteiger partial charge in [0.05, 0.1) is 22.1 Å². The topological polar surface area (TPSA) is 36.1 Å². The molecule has 0 atom stereocenters. The van der Waals surface area contributed by atoms with Crippen molar-refractivity contribution in [3.8, 4) is 22.5 Å². The van der Waals surface area contributed by atoms with Crippen LogP contribution in [-0.4, -0.2) is 9.13 Å². The zero-order chi connectivity index (χ0) is 33.9. The van der Waals surface area contributed by atoms with Crippen molar-refractivity contribution in [1.29, 1.82) is 0 Å². The molecule has 0 bridgehead atoms. The number of rotatable bonds is 3. The first kappa shape index (κ1) is 27.7. The minimum atomic E-state index is 0.850. The predicted molar refractivity (Wildman–Crippen MR) is 215 cm³/mol. The second-order valence-corrected chi connectivity index (χ2v) is 13.7. The highest BCUT2D eigenvalue weighted by molar-refractivity contribution is 6.16. The molecule has 0 saturated heterocycles. The molecule has 12 rings (SSSR count). The molecule has 0 amide bonds. The molecule has 0 radical (unpaired) electrons. The molecule has 0 aliphatic carbocycles. The van der Waals surface area contributed by atoms with Gasteiger partial charge in [-0.15, -0.1) is 0 Å². The third-order valence-electron chi connectivity index (χ3n) is 10.9. The van der Waals surface area contributed by atoms with Gasteiger partial charge in [-0.2, -0.15) is 0 Å². The number of nitrogens with zero attached hydrogens (tertiary/aromatic N) is 2. The fourth-order valence-corrected chi connectivity index (χ4v) is 8.58. The minimum absolute atomic E-state index is 0.850. The Morgan fingerprint density at radius 2 is 0.692 bits per heavy atom. The maximum Gasteiger partial charge on any atom is 0.136 e. The molecule has 4 nitrogen and oxygen atoms in total. The fourth-order valence-electron chi connectivity index (χ4n) is 8.58. The molecule has 4 aromatic heterocycles. The SMILES string of the molecule is c1cc(-c2ccc3oc4cc5c(cc4c3c2)oc2ccc(-n3c4ccccc4c4ccccc43)cc25)cc(-n2c3ccccc3c3ccccc32)c1. The van der Waals surface area contributed by atoms with Crippen LogP contribution in [0.15, 0.2) is 179 Å². The molecule has 0 N–H and O–H groups in total. The van der Waals surface area contributed by atoms with Gasteiger partial charge in [-0.25, -0.2) is 0 Å². The van der Waals surface area contributed by atoms with Crippen LogP contribution in [-0.2, 0) is 0 Å². The van der Waals surface area contributed by atoms with E-state index in [1.54, 1.807) is 0 Å². The first-order chi connectivity index (χ1) is 25.8. The molecule has 52 heavy (non-hydrogen) atoms. The molecule has 242 valence electrons. The second-order valence-electron chi connectivity index (χ2n) is 13.7. The summed E-state index contributed by atoms with van der Waals surface area (Å²) in [5, 5.41) is 9.24. The largest absolute Gasteiger partial charge is 0.456 e. The standard InChI is InChI=1S/C48H28N2O2/c1-5-16-41-33(12-1)34-13-2-6-17-42(34)49(41)31-11-9-10-29(24-31)30-20-22-45-37(25-30)39-27-48-40(28-47(39)51-45)38-26-32(21-23-46(38)52-48)50-43-18-7-3-14-35(43)36-15-4-8-19-44(36)50/h1-28H. The van der Waals surface area contributed by atoms with Crippen LogP contribution >= 0.6 is 0 Å². The van der Waals surface area contributed by atoms with Crippen molar-refractivity contribution in [2.45, 2.75) is 0 Å². The van der Waals surface area contributed by atoms with Crippen molar-refractivity contribution in [2.75, 3.05) is 0 Å². The van der Waals surface area contributed by atoms with Crippen molar-refractivity contribution >= 4 is 87.5 Å². The van der Waals surface area contributed by atoms with Crippen LogP contribution in [0.5, 0.6) is 0 Å². The Morgan fingerprint density at radius 1 is 0.269 bits per heavy atom. The average Bonchev–Trinajstić information content (AvgIpc) is 3.94. The number of aromatic nitrogens is 2. The van der Waals surface area contributed by atoms with E-state index >= 15 is 0 Å². The molecule has 0 spiro atoms. The first-order valence-electron chi connectivity index (χ1n) is 17.7. The van der Waals surface area contributed by atoms with Crippen LogP contribution in [0.2, 0.25) is 0 Å². The van der Waals surface area contributed by atoms with Gasteiger partial charge in [-0.1, -0.05) is 91.0 Å². The summed E-state index contributed by atoms with van der Waals surface area (Å²) in [5.74, 6) is 0. The number of benzene rings is 8. The molecule has 8 aromatic carbocycles. The van der Waals surface area contributed by atoms with E-state index in [4.69, 9.17) is 8.83 Å². The Bertz CT molecular complexity index is 3320. The van der Waals surface area contributed by atoms with Crippen molar-refractivity contribution < 1.29 is 8.83 Å². The zero-order valence-corrected chi connectivity index (χ0v) is 27.9. The minimum Gasteiger partial charge on any atom is -0.456 e. The van der Waals surface area contributed by atoms with Gasteiger partial charge in [0.1, 0.15) is 22.3 Å². The smallest absolute Gasteiger partial charge is 0.136 e. The summed E-state index contributed by atoms with van der Waals surface area (Å²) in [7, 11) is 0. The summed E-state index contributed by atoms with van der Waals surface area (Å²) in [6, 6.07) is 60.6. The van der Waals surface area contributed by atoms with E-state index in [1.807, 2.05) is 0 Å². The summed E-state index contributed by atoms with van der Waals surface area (Å²) >= 11 is 0. The van der Waals surface area contributed by atoms with E-state index in [0.717, 1.165) is 66.4 Å². The van der Waals surface area contributed by atoms with Crippen molar-refractivity contribution in [2.24, 2.45) is 0 Å². The normalized spacial score (nSPS) is 12.2. The number of hydrogen-bond donors (Lipinski definition) is 0. The van der Waals surface area contributed by atoms with Crippen LogP contribution in [0.25, 0.3) is 110 Å². The molecule has 0 fully saturated rings. The number of para-hydroxylation sites is 4. The zero-order valence-electron chi connectivity index (χ0n) is 27.9. The van der Waals surface area contributed by atoms with Crippen LogP contribution in [0.3, 0.4) is 0 Å². The van der Waals surface area contributed by atoms with Crippen LogP contribution < -0.4 is 0 Å². The summed E-state index contributed by atoms with van der Waals surface area (Å²) in [6.45, 7) is 0. The molecular formula is C48H28N2O2. The number of hydrogen-bond acceptors (Lipinski definition) is 2. The third-order valence-corrected chi connectivity index (χ3v) is 10.9. The molecule has 0 saturated carbocycles. The van der Waals surface area contributed by atoms with Crippen LogP contribution in [0.1, 0.15) is 0 Å². The van der Waals surface area contributed by atoms with E-state index in [0.29, 0.717) is 0 Å². The van der Waals surface area contributed by atoms with Gasteiger partial charge in [0.15, 0.2) is 0 Å². The van der Waals surface area contributed by atoms with E-state index in [9.17, 15) is 0 Å². The van der Waals surface area contributed by atoms with E-state index in [-0.39, 0.29) is 0 Å². The molecule has 0 unspecified atom stereocenters. The summed E-state index contributed by atoms with van der Waals surface area (Å²) in [5.41, 5.74) is 12.7. The third kappa shape index (κ3) is 3.81. The lowest BCUT2D eigenvalue weighted by molar-refractivity contribution is 0.664. The number of furan rings is 2. The molecule has 0 aliphatic rings. The monoisotopic (exact) mass is 664 g/mol. The quantitative estimate of drug-likeness (QED) is 0.188. The molecule has 12 aromatic rings. The Balaban J connectivity index is 0.999.